The van der Waals surface area contributed by atoms with Crippen LogP contribution in [0.1, 0.15) is 17.3 Å². The molecule has 2 aromatic heterocycles. The summed E-state index contributed by atoms with van der Waals surface area (Å²) < 4.78 is 5.12. The molecule has 0 fully saturated rings. The summed E-state index contributed by atoms with van der Waals surface area (Å²) in [7, 11) is 0. The zero-order valence-corrected chi connectivity index (χ0v) is 15.6. The third-order valence-electron chi connectivity index (χ3n) is 3.50. The number of hydrogen-bond donors (Lipinski definition) is 1. The highest BCUT2D eigenvalue weighted by Crippen LogP contribution is 2.27. The minimum absolute atomic E-state index is 0.0416. The van der Waals surface area contributed by atoms with Crippen LogP contribution in [0.2, 0.25) is 0 Å². The molecule has 0 saturated carbocycles. The summed E-state index contributed by atoms with van der Waals surface area (Å²) >= 11 is 2.53. The quantitative estimate of drug-likeness (QED) is 0.379. The Morgan fingerprint density at radius 2 is 2.11 bits per heavy atom. The number of nitrogens with zero attached hydrogens (tertiary/aromatic N) is 2. The normalized spacial score (nSPS) is 11.6. The minimum atomic E-state index is -0.998. The molecule has 1 unspecified atom stereocenters. The topological polar surface area (TPSA) is 111 Å². The largest absolute Gasteiger partial charge is 0.449 e. The number of carbonyl (C=O) groups excluding carboxylic acids is 2. The van der Waals surface area contributed by atoms with Crippen LogP contribution in [-0.4, -0.2) is 27.9 Å². The molecule has 1 amide bonds. The SMILES string of the molecule is CC(OC(=O)c1ccsc1)C(=O)Nc1nc(-c2cccc([N+](=O)[O-])c2)cs1. The maximum absolute atomic E-state index is 12.2. The highest BCUT2D eigenvalue weighted by Gasteiger charge is 2.20. The van der Waals surface area contributed by atoms with Crippen molar-refractivity contribution in [1.82, 2.24) is 4.98 Å². The average molecular weight is 403 g/mol. The van der Waals surface area contributed by atoms with Gasteiger partial charge in [-0.1, -0.05) is 12.1 Å². The number of nitro benzene ring substituents is 1. The molecule has 0 bridgehead atoms. The lowest BCUT2D eigenvalue weighted by molar-refractivity contribution is -0.384. The molecule has 0 aliphatic carbocycles. The van der Waals surface area contributed by atoms with Crippen molar-refractivity contribution < 1.29 is 19.2 Å². The fourth-order valence-corrected chi connectivity index (χ4v) is 3.46. The second-order valence-electron chi connectivity index (χ2n) is 5.39. The zero-order valence-electron chi connectivity index (χ0n) is 13.9. The van der Waals surface area contributed by atoms with Gasteiger partial charge in [-0.05, 0) is 18.4 Å². The second kappa shape index (κ2) is 8.06. The van der Waals surface area contributed by atoms with Crippen LogP contribution >= 0.6 is 22.7 Å². The number of amides is 1. The zero-order chi connectivity index (χ0) is 19.4. The summed E-state index contributed by atoms with van der Waals surface area (Å²) in [5, 5.41) is 18.8. The summed E-state index contributed by atoms with van der Waals surface area (Å²) in [6, 6.07) is 7.67. The van der Waals surface area contributed by atoms with Crippen molar-refractivity contribution in [3.63, 3.8) is 0 Å². The van der Waals surface area contributed by atoms with Gasteiger partial charge in [0.1, 0.15) is 0 Å². The van der Waals surface area contributed by atoms with Gasteiger partial charge >= 0.3 is 5.97 Å². The fourth-order valence-electron chi connectivity index (χ4n) is 2.11. The monoisotopic (exact) mass is 403 g/mol. The number of nitrogens with one attached hydrogen (secondary N) is 1. The number of benzene rings is 1. The van der Waals surface area contributed by atoms with Crippen LogP contribution in [0.25, 0.3) is 11.3 Å². The third kappa shape index (κ3) is 4.54. The Balaban J connectivity index is 1.65. The Hall–Kier alpha value is -3.11. The number of nitro groups is 1. The summed E-state index contributed by atoms with van der Waals surface area (Å²) in [6.45, 7) is 1.47. The maximum atomic E-state index is 12.2. The number of carbonyl (C=O) groups is 2. The van der Waals surface area contributed by atoms with E-state index in [1.54, 1.807) is 34.3 Å². The van der Waals surface area contributed by atoms with Gasteiger partial charge in [0.25, 0.3) is 11.6 Å². The first-order chi connectivity index (χ1) is 12.9. The predicted octanol–water partition coefficient (Wildman–Crippen LogP) is 3.96. The van der Waals surface area contributed by atoms with Crippen molar-refractivity contribution >= 4 is 45.4 Å². The second-order valence-corrected chi connectivity index (χ2v) is 7.03. The van der Waals surface area contributed by atoms with E-state index in [4.69, 9.17) is 4.74 Å². The highest BCUT2D eigenvalue weighted by molar-refractivity contribution is 7.14. The highest BCUT2D eigenvalue weighted by atomic mass is 32.1. The first kappa shape index (κ1) is 18.7. The number of thiophene rings is 1. The van der Waals surface area contributed by atoms with E-state index < -0.39 is 22.9 Å². The van der Waals surface area contributed by atoms with Gasteiger partial charge in [0.15, 0.2) is 11.2 Å². The fraction of sp³-hybridized carbons (Fsp3) is 0.118. The number of aromatic nitrogens is 1. The number of ether oxygens (including phenoxy) is 1. The Bertz CT molecular complexity index is 984. The van der Waals surface area contributed by atoms with Gasteiger partial charge in [0.2, 0.25) is 0 Å². The molecular weight excluding hydrogens is 390 g/mol. The number of non-ortho nitro benzene ring substituents is 1. The van der Waals surface area contributed by atoms with Crippen molar-refractivity contribution in [2.45, 2.75) is 13.0 Å². The van der Waals surface area contributed by atoms with Crippen LogP contribution < -0.4 is 5.32 Å². The average Bonchev–Trinajstić information content (AvgIpc) is 3.33. The molecule has 3 aromatic rings. The Morgan fingerprint density at radius 3 is 2.81 bits per heavy atom. The predicted molar refractivity (Wildman–Crippen MR) is 102 cm³/mol. The van der Waals surface area contributed by atoms with E-state index in [0.29, 0.717) is 22.0 Å². The van der Waals surface area contributed by atoms with Crippen molar-refractivity contribution in [3.05, 3.63) is 62.1 Å². The molecule has 1 aromatic carbocycles. The van der Waals surface area contributed by atoms with Gasteiger partial charge in [-0.3, -0.25) is 20.2 Å². The first-order valence-electron chi connectivity index (χ1n) is 7.68. The Kier molecular flexibility index (Phi) is 5.57. The van der Waals surface area contributed by atoms with Gasteiger partial charge in [0, 0.05) is 28.5 Å². The summed E-state index contributed by atoms with van der Waals surface area (Å²) in [6.07, 6.45) is -0.998. The summed E-state index contributed by atoms with van der Waals surface area (Å²) in [4.78, 5) is 38.7. The van der Waals surface area contributed by atoms with Crippen LogP contribution in [0.15, 0.2) is 46.5 Å². The van der Waals surface area contributed by atoms with Crippen LogP contribution in [0.3, 0.4) is 0 Å². The van der Waals surface area contributed by atoms with E-state index in [2.05, 4.69) is 10.3 Å². The first-order valence-corrected chi connectivity index (χ1v) is 9.50. The molecular formula is C17H13N3O5S2. The van der Waals surface area contributed by atoms with Crippen LogP contribution in [-0.2, 0) is 9.53 Å². The number of anilines is 1. The molecule has 2 heterocycles. The van der Waals surface area contributed by atoms with E-state index in [1.807, 2.05) is 0 Å². The maximum Gasteiger partial charge on any atom is 0.339 e. The molecule has 0 spiro atoms. The van der Waals surface area contributed by atoms with Crippen LogP contribution in [0, 0.1) is 10.1 Å². The van der Waals surface area contributed by atoms with E-state index in [0.717, 1.165) is 0 Å². The van der Waals surface area contributed by atoms with E-state index >= 15 is 0 Å². The van der Waals surface area contributed by atoms with Gasteiger partial charge in [0.05, 0.1) is 16.2 Å². The lowest BCUT2D eigenvalue weighted by atomic mass is 10.1. The number of rotatable bonds is 6. The van der Waals surface area contributed by atoms with Crippen LogP contribution in [0.5, 0.6) is 0 Å². The third-order valence-corrected chi connectivity index (χ3v) is 4.94. The van der Waals surface area contributed by atoms with E-state index in [-0.39, 0.29) is 5.69 Å². The Morgan fingerprint density at radius 1 is 1.30 bits per heavy atom. The van der Waals surface area contributed by atoms with Crippen molar-refractivity contribution in [3.8, 4) is 11.3 Å². The molecule has 138 valence electrons. The standard InChI is InChI=1S/C17H13N3O5S2/c1-10(25-16(22)12-5-6-26-8-12)15(21)19-17-18-14(9-27-17)11-3-2-4-13(7-11)20(23)24/h2-10H,1H3,(H,18,19,21). The molecule has 27 heavy (non-hydrogen) atoms. The van der Waals surface area contributed by atoms with Crippen molar-refractivity contribution in [1.29, 1.82) is 0 Å². The van der Waals surface area contributed by atoms with E-state index in [1.165, 1.54) is 41.7 Å². The van der Waals surface area contributed by atoms with Gasteiger partial charge in [-0.25, -0.2) is 9.78 Å². The molecule has 0 radical (unpaired) electrons. The number of esters is 1. The van der Waals surface area contributed by atoms with E-state index in [9.17, 15) is 19.7 Å². The molecule has 0 aliphatic heterocycles. The lowest BCUT2D eigenvalue weighted by Crippen LogP contribution is -2.29. The van der Waals surface area contributed by atoms with Gasteiger partial charge in [-0.15, -0.1) is 11.3 Å². The van der Waals surface area contributed by atoms with Gasteiger partial charge < -0.3 is 4.74 Å². The lowest BCUT2D eigenvalue weighted by Gasteiger charge is -2.11. The molecule has 10 heteroatoms. The number of hydrogen-bond acceptors (Lipinski definition) is 8. The molecule has 8 nitrogen and oxygen atoms in total. The number of thiazole rings is 1. The summed E-state index contributed by atoms with van der Waals surface area (Å²) in [5.74, 6) is -1.09. The Labute approximate surface area is 161 Å². The molecule has 3 rings (SSSR count). The minimum Gasteiger partial charge on any atom is -0.449 e. The molecule has 0 saturated heterocycles. The van der Waals surface area contributed by atoms with Crippen LogP contribution in [0.4, 0.5) is 10.8 Å². The molecule has 1 N–H and O–H groups in total. The smallest absolute Gasteiger partial charge is 0.339 e. The van der Waals surface area contributed by atoms with Crippen molar-refractivity contribution in [2.75, 3.05) is 5.32 Å². The molecule has 0 aliphatic rings. The van der Waals surface area contributed by atoms with Crippen molar-refractivity contribution in [2.24, 2.45) is 0 Å². The van der Waals surface area contributed by atoms with Gasteiger partial charge in [-0.2, -0.15) is 11.3 Å². The molecule has 1 atom stereocenters. The summed E-state index contributed by atoms with van der Waals surface area (Å²) in [5.41, 5.74) is 1.42.